The predicted octanol–water partition coefficient (Wildman–Crippen LogP) is 4.27. The van der Waals surface area contributed by atoms with E-state index in [4.69, 9.17) is 4.74 Å². The number of ether oxygens (including phenoxy) is 1. The Labute approximate surface area is 117 Å². The van der Waals surface area contributed by atoms with Crippen molar-refractivity contribution in [2.45, 2.75) is 53.2 Å². The molecule has 2 heteroatoms. The zero-order valence-electron chi connectivity index (χ0n) is 12.9. The van der Waals surface area contributed by atoms with Gasteiger partial charge in [0, 0.05) is 12.6 Å². The summed E-state index contributed by atoms with van der Waals surface area (Å²) in [6, 6.07) is 8.80. The van der Waals surface area contributed by atoms with Crippen LogP contribution in [0.4, 0.5) is 0 Å². The van der Waals surface area contributed by atoms with Gasteiger partial charge in [-0.25, -0.2) is 0 Å². The average Bonchev–Trinajstić information content (AvgIpc) is 2.33. The number of rotatable bonds is 7. The summed E-state index contributed by atoms with van der Waals surface area (Å²) in [7, 11) is 0. The largest absolute Gasteiger partial charge is 0.491 e. The SMILES string of the molecule is CCC(=Cc1cccc(OC(C)C)c1)CNC(C)C. The van der Waals surface area contributed by atoms with Gasteiger partial charge in [0.1, 0.15) is 5.75 Å². The summed E-state index contributed by atoms with van der Waals surface area (Å²) in [6.07, 6.45) is 3.53. The molecular weight excluding hydrogens is 234 g/mol. The van der Waals surface area contributed by atoms with E-state index in [-0.39, 0.29) is 6.10 Å². The smallest absolute Gasteiger partial charge is 0.120 e. The molecule has 0 aliphatic heterocycles. The quantitative estimate of drug-likeness (QED) is 0.791. The molecule has 0 spiro atoms. The van der Waals surface area contributed by atoms with Crippen LogP contribution >= 0.6 is 0 Å². The number of hydrogen-bond acceptors (Lipinski definition) is 2. The fraction of sp³-hybridized carbons (Fsp3) is 0.529. The summed E-state index contributed by atoms with van der Waals surface area (Å²) in [4.78, 5) is 0. The minimum absolute atomic E-state index is 0.215. The minimum atomic E-state index is 0.215. The second-order valence-electron chi connectivity index (χ2n) is 5.43. The number of nitrogens with one attached hydrogen (secondary N) is 1. The van der Waals surface area contributed by atoms with Crippen LogP contribution < -0.4 is 10.1 Å². The monoisotopic (exact) mass is 261 g/mol. The van der Waals surface area contributed by atoms with E-state index in [9.17, 15) is 0 Å². The van der Waals surface area contributed by atoms with Gasteiger partial charge in [-0.3, -0.25) is 0 Å². The first-order valence-electron chi connectivity index (χ1n) is 7.20. The van der Waals surface area contributed by atoms with Crippen molar-refractivity contribution in [1.82, 2.24) is 5.32 Å². The Morgan fingerprint density at radius 3 is 2.58 bits per heavy atom. The van der Waals surface area contributed by atoms with Gasteiger partial charge < -0.3 is 10.1 Å². The molecule has 19 heavy (non-hydrogen) atoms. The van der Waals surface area contributed by atoms with E-state index in [0.717, 1.165) is 18.7 Å². The molecule has 0 unspecified atom stereocenters. The maximum absolute atomic E-state index is 5.72. The molecule has 1 rings (SSSR count). The molecule has 1 N–H and O–H groups in total. The van der Waals surface area contributed by atoms with E-state index < -0.39 is 0 Å². The summed E-state index contributed by atoms with van der Waals surface area (Å²) in [5.74, 6) is 0.941. The highest BCUT2D eigenvalue weighted by Gasteiger charge is 2.00. The Morgan fingerprint density at radius 2 is 2.00 bits per heavy atom. The first-order valence-corrected chi connectivity index (χ1v) is 7.20. The lowest BCUT2D eigenvalue weighted by Gasteiger charge is -2.12. The van der Waals surface area contributed by atoms with Gasteiger partial charge in [-0.15, -0.1) is 0 Å². The maximum Gasteiger partial charge on any atom is 0.120 e. The number of hydrogen-bond donors (Lipinski definition) is 1. The second-order valence-corrected chi connectivity index (χ2v) is 5.43. The van der Waals surface area contributed by atoms with Crippen LogP contribution in [0.3, 0.4) is 0 Å². The molecule has 0 atom stereocenters. The molecule has 0 fully saturated rings. The fourth-order valence-corrected chi connectivity index (χ4v) is 1.80. The summed E-state index contributed by atoms with van der Waals surface area (Å²) in [6.45, 7) is 11.6. The zero-order valence-corrected chi connectivity index (χ0v) is 12.9. The minimum Gasteiger partial charge on any atom is -0.491 e. The molecule has 0 saturated heterocycles. The predicted molar refractivity (Wildman–Crippen MR) is 83.6 cm³/mol. The molecule has 0 amide bonds. The van der Waals surface area contributed by atoms with Crippen LogP contribution in [0.5, 0.6) is 5.75 Å². The normalized spacial score (nSPS) is 12.3. The van der Waals surface area contributed by atoms with Crippen molar-refractivity contribution in [3.05, 3.63) is 35.4 Å². The van der Waals surface area contributed by atoms with Crippen LogP contribution in [-0.2, 0) is 0 Å². The van der Waals surface area contributed by atoms with Gasteiger partial charge in [0.2, 0.25) is 0 Å². The number of benzene rings is 1. The summed E-state index contributed by atoms with van der Waals surface area (Å²) in [5, 5.41) is 3.46. The molecule has 0 bridgehead atoms. The lowest BCUT2D eigenvalue weighted by molar-refractivity contribution is 0.242. The highest BCUT2D eigenvalue weighted by Crippen LogP contribution is 2.17. The van der Waals surface area contributed by atoms with Crippen LogP contribution in [0, 0.1) is 0 Å². The highest BCUT2D eigenvalue weighted by molar-refractivity contribution is 5.55. The van der Waals surface area contributed by atoms with Crippen LogP contribution in [0.1, 0.15) is 46.6 Å². The molecule has 0 heterocycles. The Morgan fingerprint density at radius 1 is 1.26 bits per heavy atom. The summed E-state index contributed by atoms with van der Waals surface area (Å²) >= 11 is 0. The van der Waals surface area contributed by atoms with Crippen molar-refractivity contribution < 1.29 is 4.74 Å². The van der Waals surface area contributed by atoms with Gasteiger partial charge in [0.15, 0.2) is 0 Å². The molecule has 0 aliphatic rings. The van der Waals surface area contributed by atoms with E-state index in [1.54, 1.807) is 0 Å². The standard InChI is InChI=1S/C17H27NO/c1-6-15(12-18-13(2)3)10-16-8-7-9-17(11-16)19-14(4)5/h7-11,13-14,18H,6,12H2,1-5H3. The van der Waals surface area contributed by atoms with Gasteiger partial charge in [0.05, 0.1) is 6.10 Å². The lowest BCUT2D eigenvalue weighted by Crippen LogP contribution is -2.24. The molecule has 0 aliphatic carbocycles. The molecule has 2 nitrogen and oxygen atoms in total. The van der Waals surface area contributed by atoms with Crippen LogP contribution in [0.15, 0.2) is 29.8 Å². The van der Waals surface area contributed by atoms with Gasteiger partial charge in [0.25, 0.3) is 0 Å². The third-order valence-electron chi connectivity index (χ3n) is 2.79. The maximum atomic E-state index is 5.72. The van der Waals surface area contributed by atoms with E-state index in [1.165, 1.54) is 11.1 Å². The third kappa shape index (κ3) is 6.44. The Hall–Kier alpha value is -1.28. The summed E-state index contributed by atoms with van der Waals surface area (Å²) < 4.78 is 5.72. The molecule has 0 aromatic heterocycles. The van der Waals surface area contributed by atoms with E-state index in [0.29, 0.717) is 6.04 Å². The molecule has 0 radical (unpaired) electrons. The van der Waals surface area contributed by atoms with Crippen molar-refractivity contribution in [1.29, 1.82) is 0 Å². The zero-order chi connectivity index (χ0) is 14.3. The Kier molecular flexibility index (Phi) is 6.65. The molecule has 1 aromatic carbocycles. The average molecular weight is 261 g/mol. The fourth-order valence-electron chi connectivity index (χ4n) is 1.80. The van der Waals surface area contributed by atoms with Crippen LogP contribution in [-0.4, -0.2) is 18.7 Å². The van der Waals surface area contributed by atoms with E-state index in [1.807, 2.05) is 26.0 Å². The van der Waals surface area contributed by atoms with Crippen molar-refractivity contribution in [2.24, 2.45) is 0 Å². The van der Waals surface area contributed by atoms with Crippen molar-refractivity contribution >= 4 is 6.08 Å². The molecule has 0 saturated carbocycles. The van der Waals surface area contributed by atoms with Gasteiger partial charge in [-0.1, -0.05) is 44.6 Å². The third-order valence-corrected chi connectivity index (χ3v) is 2.79. The van der Waals surface area contributed by atoms with Crippen LogP contribution in [0.25, 0.3) is 6.08 Å². The topological polar surface area (TPSA) is 21.3 Å². The first kappa shape index (κ1) is 15.8. The van der Waals surface area contributed by atoms with Crippen molar-refractivity contribution in [2.75, 3.05) is 6.54 Å². The van der Waals surface area contributed by atoms with Crippen LogP contribution in [0.2, 0.25) is 0 Å². The van der Waals surface area contributed by atoms with E-state index >= 15 is 0 Å². The second kappa shape index (κ2) is 8.00. The Balaban J connectivity index is 2.77. The lowest BCUT2D eigenvalue weighted by atomic mass is 10.1. The first-order chi connectivity index (χ1) is 9.01. The molecule has 1 aromatic rings. The van der Waals surface area contributed by atoms with Crippen molar-refractivity contribution in [3.63, 3.8) is 0 Å². The van der Waals surface area contributed by atoms with Crippen molar-refractivity contribution in [3.8, 4) is 5.75 Å². The van der Waals surface area contributed by atoms with Gasteiger partial charge in [-0.05, 0) is 38.0 Å². The Bertz CT molecular complexity index is 407. The van der Waals surface area contributed by atoms with Gasteiger partial charge in [-0.2, -0.15) is 0 Å². The molecule has 106 valence electrons. The van der Waals surface area contributed by atoms with Gasteiger partial charge >= 0.3 is 0 Å². The summed E-state index contributed by atoms with van der Waals surface area (Å²) in [5.41, 5.74) is 2.62. The highest BCUT2D eigenvalue weighted by atomic mass is 16.5. The van der Waals surface area contributed by atoms with E-state index in [2.05, 4.69) is 44.3 Å². The molecular formula is C17H27NO.